The lowest BCUT2D eigenvalue weighted by Gasteiger charge is -2.31. The Labute approximate surface area is 201 Å². The first-order chi connectivity index (χ1) is 14.0. The number of rotatable bonds is 7. The first-order valence-corrected chi connectivity index (χ1v) is 10.8. The van der Waals surface area contributed by atoms with Crippen LogP contribution < -0.4 is 10.6 Å². The molecular weight excluding hydrogens is 513 g/mol. The lowest BCUT2D eigenvalue weighted by Crippen LogP contribution is -2.43. The molecule has 0 aliphatic carbocycles. The molecule has 0 saturated carbocycles. The smallest absolute Gasteiger partial charge is 0.208 e. The van der Waals surface area contributed by atoms with Gasteiger partial charge in [-0.1, -0.05) is 23.7 Å². The lowest BCUT2D eigenvalue weighted by molar-refractivity contribution is 0.164. The monoisotopic (exact) mass is 545 g/mol. The Morgan fingerprint density at radius 1 is 1.27 bits per heavy atom. The number of benzene rings is 1. The van der Waals surface area contributed by atoms with Crippen molar-refractivity contribution < 1.29 is 4.42 Å². The molecule has 2 aromatic rings. The van der Waals surface area contributed by atoms with Gasteiger partial charge in [-0.2, -0.15) is 0 Å². The van der Waals surface area contributed by atoms with E-state index in [0.29, 0.717) is 5.92 Å². The average molecular weight is 546 g/mol. The van der Waals surface area contributed by atoms with Gasteiger partial charge < -0.3 is 15.1 Å². The molecule has 2 heterocycles. The standard InChI is InChI=1S/C22H32ClN5O.HI/c1-16-17(2)29-21(27-16)15-28-11-8-19(9-12-28)14-26-22(24-3)25-10-7-18-5-4-6-20(23)13-18;/h4-6,13,19H,7-12,14-15H2,1-3H3,(H2,24,25,26);1H. The van der Waals surface area contributed by atoms with Gasteiger partial charge in [-0.25, -0.2) is 4.98 Å². The van der Waals surface area contributed by atoms with Crippen LogP contribution in [0.5, 0.6) is 0 Å². The van der Waals surface area contributed by atoms with E-state index < -0.39 is 0 Å². The molecule has 0 radical (unpaired) electrons. The second-order valence-electron chi connectivity index (χ2n) is 7.73. The van der Waals surface area contributed by atoms with E-state index in [9.17, 15) is 0 Å². The zero-order chi connectivity index (χ0) is 20.6. The maximum atomic E-state index is 6.04. The number of aryl methyl sites for hydroxylation is 2. The molecule has 1 aromatic heterocycles. The largest absolute Gasteiger partial charge is 0.444 e. The summed E-state index contributed by atoms with van der Waals surface area (Å²) in [6.07, 6.45) is 3.26. The highest BCUT2D eigenvalue weighted by atomic mass is 127. The Morgan fingerprint density at radius 2 is 2.03 bits per heavy atom. The molecular formula is C22H33ClIN5O. The number of likely N-dealkylation sites (tertiary alicyclic amines) is 1. The summed E-state index contributed by atoms with van der Waals surface area (Å²) in [5, 5.41) is 7.65. The predicted octanol–water partition coefficient (Wildman–Crippen LogP) is 4.18. The molecule has 0 atom stereocenters. The molecule has 1 aromatic carbocycles. The Morgan fingerprint density at radius 3 is 2.67 bits per heavy atom. The summed E-state index contributed by atoms with van der Waals surface area (Å²) in [5.41, 5.74) is 2.22. The van der Waals surface area contributed by atoms with Crippen molar-refractivity contribution in [3.05, 3.63) is 52.2 Å². The predicted molar refractivity (Wildman–Crippen MR) is 134 cm³/mol. The molecule has 1 aliphatic heterocycles. The molecule has 0 bridgehead atoms. The van der Waals surface area contributed by atoms with Gasteiger partial charge in [0.15, 0.2) is 5.96 Å². The molecule has 1 fully saturated rings. The van der Waals surface area contributed by atoms with Crippen molar-refractivity contribution in [2.24, 2.45) is 10.9 Å². The summed E-state index contributed by atoms with van der Waals surface area (Å²) in [6.45, 7) is 8.70. The number of aliphatic imine (C=N–C) groups is 1. The molecule has 166 valence electrons. The first-order valence-electron chi connectivity index (χ1n) is 10.4. The van der Waals surface area contributed by atoms with Crippen molar-refractivity contribution in [1.82, 2.24) is 20.5 Å². The molecule has 6 nitrogen and oxygen atoms in total. The summed E-state index contributed by atoms with van der Waals surface area (Å²) in [4.78, 5) is 11.3. The highest BCUT2D eigenvalue weighted by Gasteiger charge is 2.21. The van der Waals surface area contributed by atoms with E-state index in [0.717, 1.165) is 67.5 Å². The van der Waals surface area contributed by atoms with Gasteiger partial charge in [0.1, 0.15) is 5.76 Å². The fourth-order valence-electron chi connectivity index (χ4n) is 3.63. The number of halogens is 2. The second-order valence-corrected chi connectivity index (χ2v) is 8.16. The number of aromatic nitrogens is 1. The number of nitrogens with one attached hydrogen (secondary N) is 2. The molecule has 1 aliphatic rings. The van der Waals surface area contributed by atoms with Gasteiger partial charge in [-0.3, -0.25) is 9.89 Å². The summed E-state index contributed by atoms with van der Waals surface area (Å²) >= 11 is 6.04. The molecule has 3 rings (SSSR count). The quantitative estimate of drug-likeness (QED) is 0.310. The van der Waals surface area contributed by atoms with E-state index in [1.54, 1.807) is 0 Å². The van der Waals surface area contributed by atoms with Crippen LogP contribution in [0.1, 0.15) is 35.7 Å². The van der Waals surface area contributed by atoms with Crippen LogP contribution in [0.15, 0.2) is 33.7 Å². The molecule has 0 spiro atoms. The van der Waals surface area contributed by atoms with Gasteiger partial charge in [-0.05, 0) is 69.8 Å². The van der Waals surface area contributed by atoms with Crippen molar-refractivity contribution in [3.63, 3.8) is 0 Å². The van der Waals surface area contributed by atoms with E-state index in [1.807, 2.05) is 39.1 Å². The van der Waals surface area contributed by atoms with Crippen molar-refractivity contribution in [1.29, 1.82) is 0 Å². The molecule has 30 heavy (non-hydrogen) atoms. The molecule has 8 heteroatoms. The van der Waals surface area contributed by atoms with Gasteiger partial charge in [0.25, 0.3) is 0 Å². The Bertz CT molecular complexity index is 798. The van der Waals surface area contributed by atoms with Gasteiger partial charge in [0.2, 0.25) is 5.89 Å². The number of piperidine rings is 1. The van der Waals surface area contributed by atoms with Gasteiger partial charge in [0.05, 0.1) is 12.2 Å². The van der Waals surface area contributed by atoms with Crippen LogP contribution in [0.2, 0.25) is 5.02 Å². The fraction of sp³-hybridized carbons (Fsp3) is 0.545. The minimum Gasteiger partial charge on any atom is -0.444 e. The van der Waals surface area contributed by atoms with Crippen LogP contribution >= 0.6 is 35.6 Å². The Balaban J connectivity index is 0.00000320. The number of oxazole rings is 1. The van der Waals surface area contributed by atoms with Crippen molar-refractivity contribution in [3.8, 4) is 0 Å². The van der Waals surface area contributed by atoms with Gasteiger partial charge in [0, 0.05) is 25.2 Å². The fourth-order valence-corrected chi connectivity index (χ4v) is 3.84. The maximum absolute atomic E-state index is 6.04. The first kappa shape index (κ1) is 24.9. The van der Waals surface area contributed by atoms with E-state index in [1.165, 1.54) is 18.4 Å². The highest BCUT2D eigenvalue weighted by Crippen LogP contribution is 2.19. The minimum absolute atomic E-state index is 0. The van der Waals surface area contributed by atoms with Gasteiger partial charge in [-0.15, -0.1) is 24.0 Å². The van der Waals surface area contributed by atoms with Crippen LogP contribution in [-0.2, 0) is 13.0 Å². The third-order valence-corrected chi connectivity index (χ3v) is 5.75. The van der Waals surface area contributed by atoms with Crippen molar-refractivity contribution in [2.75, 3.05) is 33.2 Å². The molecule has 0 unspecified atom stereocenters. The summed E-state index contributed by atoms with van der Waals surface area (Å²) < 4.78 is 5.72. The zero-order valence-electron chi connectivity index (χ0n) is 18.1. The summed E-state index contributed by atoms with van der Waals surface area (Å²) in [5.74, 6) is 3.28. The molecule has 1 saturated heterocycles. The highest BCUT2D eigenvalue weighted by molar-refractivity contribution is 14.0. The number of nitrogens with zero attached hydrogens (tertiary/aromatic N) is 3. The van der Waals surface area contributed by atoms with Crippen LogP contribution in [0.3, 0.4) is 0 Å². The van der Waals surface area contributed by atoms with Crippen LogP contribution in [0.25, 0.3) is 0 Å². The van der Waals surface area contributed by atoms with Gasteiger partial charge >= 0.3 is 0 Å². The summed E-state index contributed by atoms with van der Waals surface area (Å²) in [6, 6.07) is 7.99. The van der Waals surface area contributed by atoms with Crippen molar-refractivity contribution in [2.45, 2.75) is 39.7 Å². The zero-order valence-corrected chi connectivity index (χ0v) is 21.2. The number of guanidine groups is 1. The lowest BCUT2D eigenvalue weighted by atomic mass is 9.97. The van der Waals surface area contributed by atoms with E-state index in [2.05, 4.69) is 31.6 Å². The summed E-state index contributed by atoms with van der Waals surface area (Å²) in [7, 11) is 1.82. The average Bonchev–Trinajstić information content (AvgIpc) is 3.02. The normalized spacial score (nSPS) is 15.7. The van der Waals surface area contributed by atoms with E-state index in [4.69, 9.17) is 16.0 Å². The van der Waals surface area contributed by atoms with Crippen LogP contribution in [0.4, 0.5) is 0 Å². The third kappa shape index (κ3) is 7.74. The Hall–Kier alpha value is -1.32. The van der Waals surface area contributed by atoms with E-state index >= 15 is 0 Å². The number of hydrogen-bond donors (Lipinski definition) is 2. The number of hydrogen-bond acceptors (Lipinski definition) is 4. The maximum Gasteiger partial charge on any atom is 0.208 e. The second kappa shape index (κ2) is 12.5. The minimum atomic E-state index is 0. The third-order valence-electron chi connectivity index (χ3n) is 5.52. The molecule has 2 N–H and O–H groups in total. The molecule has 0 amide bonds. The topological polar surface area (TPSA) is 65.7 Å². The SMILES string of the molecule is CN=C(NCCc1cccc(Cl)c1)NCC1CCN(Cc2nc(C)c(C)o2)CC1.I. The van der Waals surface area contributed by atoms with Crippen LogP contribution in [0, 0.1) is 19.8 Å². The Kier molecular flexibility index (Phi) is 10.4. The van der Waals surface area contributed by atoms with Crippen LogP contribution in [-0.4, -0.2) is 49.1 Å². The van der Waals surface area contributed by atoms with Crippen molar-refractivity contribution >= 4 is 41.5 Å². The van der Waals surface area contributed by atoms with E-state index in [-0.39, 0.29) is 24.0 Å².